The Bertz CT molecular complexity index is 1050. The molecule has 0 atom stereocenters. The first-order valence-electron chi connectivity index (χ1n) is 11.1. The lowest BCUT2D eigenvalue weighted by atomic mass is 10.1. The first-order chi connectivity index (χ1) is 14.7. The van der Waals surface area contributed by atoms with Crippen molar-refractivity contribution in [3.63, 3.8) is 0 Å². The Balaban J connectivity index is 1.42. The number of amides is 1. The highest BCUT2D eigenvalue weighted by Crippen LogP contribution is 2.30. The lowest BCUT2D eigenvalue weighted by Gasteiger charge is -2.37. The van der Waals surface area contributed by atoms with Crippen molar-refractivity contribution in [3.8, 4) is 11.4 Å². The number of piperazine rings is 1. The number of benzene rings is 2. The minimum atomic E-state index is 0.254. The second-order valence-corrected chi connectivity index (χ2v) is 8.55. The highest BCUT2D eigenvalue weighted by Gasteiger charge is 2.30. The molecular formula is C25H28N4O. The third kappa shape index (κ3) is 3.64. The van der Waals surface area contributed by atoms with E-state index in [0.717, 1.165) is 67.1 Å². The largest absolute Gasteiger partial charge is 0.352 e. The highest BCUT2D eigenvalue weighted by atomic mass is 16.2. The molecule has 154 valence electrons. The normalized spacial score (nSPS) is 17.6. The molecule has 0 N–H and O–H groups in total. The number of aromatic nitrogens is 2. The molecule has 0 bridgehead atoms. The Morgan fingerprint density at radius 2 is 1.60 bits per heavy atom. The van der Waals surface area contributed by atoms with Crippen LogP contribution in [0.25, 0.3) is 22.3 Å². The summed E-state index contributed by atoms with van der Waals surface area (Å²) in [7, 11) is 0. The Kier molecular flexibility index (Phi) is 5.11. The number of rotatable bonds is 3. The van der Waals surface area contributed by atoms with Crippen molar-refractivity contribution in [1.29, 1.82) is 0 Å². The number of nitrogens with zero attached hydrogens (tertiary/aromatic N) is 4. The molecule has 1 saturated carbocycles. The topological polar surface area (TPSA) is 49.3 Å². The molecular weight excluding hydrogens is 372 g/mol. The van der Waals surface area contributed by atoms with Crippen molar-refractivity contribution in [2.45, 2.75) is 32.6 Å². The molecule has 2 fully saturated rings. The van der Waals surface area contributed by atoms with E-state index < -0.39 is 0 Å². The van der Waals surface area contributed by atoms with Crippen LogP contribution >= 0.6 is 0 Å². The minimum absolute atomic E-state index is 0.254. The van der Waals surface area contributed by atoms with Crippen LogP contribution in [0.15, 0.2) is 48.5 Å². The molecule has 1 aliphatic heterocycles. The number of aryl methyl sites for hydroxylation is 1. The quantitative estimate of drug-likeness (QED) is 0.652. The maximum absolute atomic E-state index is 12.8. The lowest BCUT2D eigenvalue weighted by molar-refractivity contribution is -0.135. The van der Waals surface area contributed by atoms with Crippen molar-refractivity contribution in [1.82, 2.24) is 14.9 Å². The summed E-state index contributed by atoms with van der Waals surface area (Å²) in [5.74, 6) is 2.35. The van der Waals surface area contributed by atoms with Crippen molar-refractivity contribution in [2.75, 3.05) is 31.1 Å². The molecule has 30 heavy (non-hydrogen) atoms. The number of hydrogen-bond acceptors (Lipinski definition) is 4. The molecule has 5 rings (SSSR count). The number of para-hydroxylation sites is 1. The SMILES string of the molecule is Cc1ccc(-c2nc(N3CCN(C(=O)C4CCCC4)CC3)c3ccccc3n2)cc1. The average Bonchev–Trinajstić information content (AvgIpc) is 3.33. The third-order valence-corrected chi connectivity index (χ3v) is 6.49. The smallest absolute Gasteiger partial charge is 0.225 e. The first kappa shape index (κ1) is 19.0. The Morgan fingerprint density at radius 1 is 0.900 bits per heavy atom. The van der Waals surface area contributed by atoms with Crippen molar-refractivity contribution in [3.05, 3.63) is 54.1 Å². The van der Waals surface area contributed by atoms with Crippen LogP contribution < -0.4 is 4.90 Å². The fourth-order valence-corrected chi connectivity index (χ4v) is 4.70. The molecule has 1 aliphatic carbocycles. The van der Waals surface area contributed by atoms with E-state index in [1.54, 1.807) is 0 Å². The van der Waals surface area contributed by atoms with Crippen LogP contribution in [0.4, 0.5) is 5.82 Å². The van der Waals surface area contributed by atoms with Gasteiger partial charge in [-0.3, -0.25) is 4.79 Å². The summed E-state index contributed by atoms with van der Waals surface area (Å²) in [6, 6.07) is 16.6. The van der Waals surface area contributed by atoms with Crippen LogP contribution in [0.3, 0.4) is 0 Å². The summed E-state index contributed by atoms with van der Waals surface area (Å²) in [6.07, 6.45) is 4.53. The first-order valence-corrected chi connectivity index (χ1v) is 11.1. The van der Waals surface area contributed by atoms with Gasteiger partial charge in [0.1, 0.15) is 5.82 Å². The van der Waals surface area contributed by atoms with Gasteiger partial charge in [-0.25, -0.2) is 9.97 Å². The summed E-state index contributed by atoms with van der Waals surface area (Å²) in [5.41, 5.74) is 3.22. The fourth-order valence-electron chi connectivity index (χ4n) is 4.70. The molecule has 2 aliphatic rings. The van der Waals surface area contributed by atoms with Crippen LogP contribution in [-0.2, 0) is 4.79 Å². The van der Waals surface area contributed by atoms with Gasteiger partial charge in [-0.15, -0.1) is 0 Å². The van der Waals surface area contributed by atoms with Crippen molar-refractivity contribution < 1.29 is 4.79 Å². The van der Waals surface area contributed by atoms with E-state index >= 15 is 0 Å². The second-order valence-electron chi connectivity index (χ2n) is 8.55. The summed E-state index contributed by atoms with van der Waals surface area (Å²) in [4.78, 5) is 27.0. The Labute approximate surface area is 177 Å². The van der Waals surface area contributed by atoms with Gasteiger partial charge in [0.2, 0.25) is 5.91 Å². The van der Waals surface area contributed by atoms with Gasteiger partial charge >= 0.3 is 0 Å². The summed E-state index contributed by atoms with van der Waals surface area (Å²) >= 11 is 0. The summed E-state index contributed by atoms with van der Waals surface area (Å²) < 4.78 is 0. The van der Waals surface area contributed by atoms with E-state index in [-0.39, 0.29) is 5.92 Å². The monoisotopic (exact) mass is 400 g/mol. The molecule has 1 amide bonds. The molecule has 0 spiro atoms. The van der Waals surface area contributed by atoms with Crippen LogP contribution in [0.2, 0.25) is 0 Å². The molecule has 1 saturated heterocycles. The molecule has 1 aromatic heterocycles. The van der Waals surface area contributed by atoms with Gasteiger partial charge in [0.15, 0.2) is 5.82 Å². The number of fused-ring (bicyclic) bond motifs is 1. The Hall–Kier alpha value is -2.95. The van der Waals surface area contributed by atoms with E-state index in [2.05, 4.69) is 53.1 Å². The summed E-state index contributed by atoms with van der Waals surface area (Å²) in [6.45, 7) is 5.25. The van der Waals surface area contributed by atoms with Gasteiger partial charge in [0, 0.05) is 43.0 Å². The summed E-state index contributed by atoms with van der Waals surface area (Å²) in [5, 5.41) is 1.07. The standard InChI is InChI=1S/C25H28N4O/c1-18-10-12-19(13-11-18)23-26-22-9-5-4-8-21(22)24(27-23)28-14-16-29(17-15-28)25(30)20-6-2-3-7-20/h4-5,8-13,20H,2-3,6-7,14-17H2,1H3. The maximum atomic E-state index is 12.8. The van der Waals surface area contributed by atoms with E-state index in [9.17, 15) is 4.79 Å². The van der Waals surface area contributed by atoms with Crippen LogP contribution in [-0.4, -0.2) is 47.0 Å². The number of carbonyl (C=O) groups excluding carboxylic acids is 1. The molecule has 3 aromatic rings. The third-order valence-electron chi connectivity index (χ3n) is 6.49. The van der Waals surface area contributed by atoms with Crippen LogP contribution in [0.1, 0.15) is 31.2 Å². The van der Waals surface area contributed by atoms with E-state index in [0.29, 0.717) is 5.91 Å². The van der Waals surface area contributed by atoms with Gasteiger partial charge in [-0.2, -0.15) is 0 Å². The zero-order chi connectivity index (χ0) is 20.5. The van der Waals surface area contributed by atoms with Crippen LogP contribution in [0, 0.1) is 12.8 Å². The predicted octanol–water partition coefficient (Wildman–Crippen LogP) is 4.44. The van der Waals surface area contributed by atoms with Crippen molar-refractivity contribution in [2.24, 2.45) is 5.92 Å². The second kappa shape index (κ2) is 8.05. The van der Waals surface area contributed by atoms with Crippen molar-refractivity contribution >= 4 is 22.6 Å². The predicted molar refractivity (Wildman–Crippen MR) is 120 cm³/mol. The highest BCUT2D eigenvalue weighted by molar-refractivity contribution is 5.91. The lowest BCUT2D eigenvalue weighted by Crippen LogP contribution is -2.50. The fraction of sp³-hybridized carbons (Fsp3) is 0.400. The molecule has 5 heteroatoms. The van der Waals surface area contributed by atoms with Gasteiger partial charge in [0.25, 0.3) is 0 Å². The molecule has 0 radical (unpaired) electrons. The number of carbonyl (C=O) groups is 1. The molecule has 5 nitrogen and oxygen atoms in total. The van der Waals surface area contributed by atoms with Crippen LogP contribution in [0.5, 0.6) is 0 Å². The van der Waals surface area contributed by atoms with E-state index in [4.69, 9.17) is 9.97 Å². The van der Waals surface area contributed by atoms with Gasteiger partial charge < -0.3 is 9.80 Å². The molecule has 2 heterocycles. The number of hydrogen-bond donors (Lipinski definition) is 0. The average molecular weight is 401 g/mol. The van der Waals surface area contributed by atoms with E-state index in [1.165, 1.54) is 18.4 Å². The maximum Gasteiger partial charge on any atom is 0.225 e. The Morgan fingerprint density at radius 3 is 2.33 bits per heavy atom. The molecule has 2 aromatic carbocycles. The number of anilines is 1. The minimum Gasteiger partial charge on any atom is -0.352 e. The van der Waals surface area contributed by atoms with Gasteiger partial charge in [-0.05, 0) is 31.9 Å². The van der Waals surface area contributed by atoms with E-state index in [1.807, 2.05) is 12.1 Å². The zero-order valence-electron chi connectivity index (χ0n) is 17.6. The van der Waals surface area contributed by atoms with Gasteiger partial charge in [0.05, 0.1) is 5.52 Å². The zero-order valence-corrected chi connectivity index (χ0v) is 17.6. The van der Waals surface area contributed by atoms with Gasteiger partial charge in [-0.1, -0.05) is 54.8 Å². The molecule has 0 unspecified atom stereocenters.